The summed E-state index contributed by atoms with van der Waals surface area (Å²) < 4.78 is 5.08. The molecule has 0 aliphatic heterocycles. The molecule has 0 saturated heterocycles. The maximum absolute atomic E-state index is 12.2. The van der Waals surface area contributed by atoms with Crippen LogP contribution in [0.2, 0.25) is 0 Å². The number of ether oxygens (including phenoxy) is 1. The van der Waals surface area contributed by atoms with Crippen molar-refractivity contribution in [1.82, 2.24) is 4.90 Å². The quantitative estimate of drug-likeness (QED) is 0.810. The average molecular weight is 294 g/mol. The summed E-state index contributed by atoms with van der Waals surface area (Å²) in [6, 6.07) is 6.65. The van der Waals surface area contributed by atoms with Gasteiger partial charge in [-0.05, 0) is 32.4 Å². The second-order valence-electron chi connectivity index (χ2n) is 4.68. The third-order valence-corrected chi connectivity index (χ3v) is 3.17. The average Bonchev–Trinajstić information content (AvgIpc) is 2.46. The van der Waals surface area contributed by atoms with Gasteiger partial charge in [0.25, 0.3) is 0 Å². The molecule has 116 valence electrons. The standard InChI is InChI=1S/C15H22N2O4/c1-4-11(3)17(5-2)15(20)16-12-7-6-8-13(9-12)21-10-14(18)19/h6-9,11H,4-5,10H2,1-3H3,(H,16,20)(H,18,19). The molecule has 0 bridgehead atoms. The third kappa shape index (κ3) is 5.33. The van der Waals surface area contributed by atoms with E-state index in [2.05, 4.69) is 5.32 Å². The summed E-state index contributed by atoms with van der Waals surface area (Å²) >= 11 is 0. The van der Waals surface area contributed by atoms with Gasteiger partial charge in [-0.25, -0.2) is 9.59 Å². The van der Waals surface area contributed by atoms with E-state index in [-0.39, 0.29) is 12.1 Å². The van der Waals surface area contributed by atoms with Crippen LogP contribution in [-0.2, 0) is 4.79 Å². The van der Waals surface area contributed by atoms with E-state index >= 15 is 0 Å². The highest BCUT2D eigenvalue weighted by atomic mass is 16.5. The van der Waals surface area contributed by atoms with E-state index in [1.165, 1.54) is 0 Å². The predicted molar refractivity (Wildman–Crippen MR) is 80.7 cm³/mol. The summed E-state index contributed by atoms with van der Waals surface area (Å²) in [7, 11) is 0. The molecule has 0 fully saturated rings. The molecule has 1 aromatic carbocycles. The molecular formula is C15H22N2O4. The normalized spacial score (nSPS) is 11.6. The minimum atomic E-state index is -1.04. The third-order valence-electron chi connectivity index (χ3n) is 3.17. The number of carboxylic acid groups (broad SMARTS) is 1. The van der Waals surface area contributed by atoms with Gasteiger partial charge in [0.2, 0.25) is 0 Å². The first-order valence-electron chi connectivity index (χ1n) is 7.00. The Morgan fingerprint density at radius 1 is 1.38 bits per heavy atom. The van der Waals surface area contributed by atoms with E-state index in [4.69, 9.17) is 9.84 Å². The lowest BCUT2D eigenvalue weighted by Crippen LogP contribution is -2.40. The van der Waals surface area contributed by atoms with Crippen molar-refractivity contribution in [1.29, 1.82) is 0 Å². The van der Waals surface area contributed by atoms with Gasteiger partial charge in [-0.3, -0.25) is 0 Å². The minimum Gasteiger partial charge on any atom is -0.482 e. The summed E-state index contributed by atoms with van der Waals surface area (Å²) in [5, 5.41) is 11.4. The molecule has 0 radical (unpaired) electrons. The largest absolute Gasteiger partial charge is 0.482 e. The van der Waals surface area contributed by atoms with Crippen LogP contribution in [-0.4, -0.2) is 41.2 Å². The van der Waals surface area contributed by atoms with Crippen LogP contribution in [0.1, 0.15) is 27.2 Å². The fourth-order valence-electron chi connectivity index (χ4n) is 1.88. The Bertz CT molecular complexity index is 490. The van der Waals surface area contributed by atoms with Gasteiger partial charge in [-0.2, -0.15) is 0 Å². The molecule has 0 saturated carbocycles. The van der Waals surface area contributed by atoms with Crippen molar-refractivity contribution in [3.8, 4) is 5.75 Å². The second kappa shape index (κ2) is 8.14. The zero-order chi connectivity index (χ0) is 15.8. The molecular weight excluding hydrogens is 272 g/mol. The number of carboxylic acids is 1. The summed E-state index contributed by atoms with van der Waals surface area (Å²) in [6.07, 6.45) is 0.878. The van der Waals surface area contributed by atoms with E-state index in [1.54, 1.807) is 29.2 Å². The van der Waals surface area contributed by atoms with Crippen LogP contribution in [0.3, 0.4) is 0 Å². The highest BCUT2D eigenvalue weighted by molar-refractivity contribution is 5.89. The van der Waals surface area contributed by atoms with E-state index in [0.29, 0.717) is 18.0 Å². The van der Waals surface area contributed by atoms with Crippen LogP contribution in [0, 0.1) is 0 Å². The van der Waals surface area contributed by atoms with Gasteiger partial charge in [0.15, 0.2) is 6.61 Å². The Morgan fingerprint density at radius 3 is 2.67 bits per heavy atom. The molecule has 0 aliphatic carbocycles. The Hall–Kier alpha value is -2.24. The summed E-state index contributed by atoms with van der Waals surface area (Å²) in [5.41, 5.74) is 0.574. The van der Waals surface area contributed by atoms with Gasteiger partial charge in [-0.1, -0.05) is 13.0 Å². The maximum atomic E-state index is 12.2. The number of carbonyl (C=O) groups excluding carboxylic acids is 1. The van der Waals surface area contributed by atoms with Crippen molar-refractivity contribution in [3.63, 3.8) is 0 Å². The molecule has 1 aromatic rings. The molecule has 21 heavy (non-hydrogen) atoms. The molecule has 0 aromatic heterocycles. The van der Waals surface area contributed by atoms with E-state index < -0.39 is 12.6 Å². The molecule has 0 aliphatic rings. The van der Waals surface area contributed by atoms with Gasteiger partial charge in [0.1, 0.15) is 5.75 Å². The number of benzene rings is 1. The smallest absolute Gasteiger partial charge is 0.341 e. The SMILES string of the molecule is CCC(C)N(CC)C(=O)Nc1cccc(OCC(=O)O)c1. The van der Waals surface area contributed by atoms with Crippen LogP contribution < -0.4 is 10.1 Å². The highest BCUT2D eigenvalue weighted by Crippen LogP contribution is 2.18. The molecule has 6 heteroatoms. The molecule has 0 heterocycles. The van der Waals surface area contributed by atoms with Gasteiger partial charge in [-0.15, -0.1) is 0 Å². The monoisotopic (exact) mass is 294 g/mol. The summed E-state index contributed by atoms with van der Waals surface area (Å²) in [5.74, 6) is -0.639. The van der Waals surface area contributed by atoms with Gasteiger partial charge in [0.05, 0.1) is 0 Å². The summed E-state index contributed by atoms with van der Waals surface area (Å²) in [4.78, 5) is 24.4. The number of nitrogens with zero attached hydrogens (tertiary/aromatic N) is 1. The maximum Gasteiger partial charge on any atom is 0.341 e. The molecule has 2 N–H and O–H groups in total. The molecule has 1 unspecified atom stereocenters. The lowest BCUT2D eigenvalue weighted by molar-refractivity contribution is -0.139. The van der Waals surface area contributed by atoms with Crippen molar-refractivity contribution in [3.05, 3.63) is 24.3 Å². The Kier molecular flexibility index (Phi) is 6.52. The lowest BCUT2D eigenvalue weighted by Gasteiger charge is -2.27. The highest BCUT2D eigenvalue weighted by Gasteiger charge is 2.17. The second-order valence-corrected chi connectivity index (χ2v) is 4.68. The molecule has 0 spiro atoms. The number of carbonyl (C=O) groups is 2. The van der Waals surface area contributed by atoms with Crippen molar-refractivity contribution in [2.75, 3.05) is 18.5 Å². The van der Waals surface area contributed by atoms with Crippen molar-refractivity contribution >= 4 is 17.7 Å². The molecule has 6 nitrogen and oxygen atoms in total. The number of aliphatic carboxylic acids is 1. The number of nitrogens with one attached hydrogen (secondary N) is 1. The molecule has 1 atom stereocenters. The lowest BCUT2D eigenvalue weighted by atomic mass is 10.2. The predicted octanol–water partition coefficient (Wildman–Crippen LogP) is 2.80. The van der Waals surface area contributed by atoms with Crippen LogP contribution in [0.15, 0.2) is 24.3 Å². The Balaban J connectivity index is 2.71. The number of rotatable bonds is 7. The number of hydrogen-bond donors (Lipinski definition) is 2. The first-order chi connectivity index (χ1) is 9.97. The number of urea groups is 1. The molecule has 1 rings (SSSR count). The van der Waals surface area contributed by atoms with Crippen LogP contribution in [0.4, 0.5) is 10.5 Å². The number of anilines is 1. The molecule has 2 amide bonds. The van der Waals surface area contributed by atoms with Crippen molar-refractivity contribution in [2.45, 2.75) is 33.2 Å². The number of hydrogen-bond acceptors (Lipinski definition) is 3. The Labute approximate surface area is 124 Å². The van der Waals surface area contributed by atoms with Crippen molar-refractivity contribution in [2.24, 2.45) is 0 Å². The van der Waals surface area contributed by atoms with Crippen molar-refractivity contribution < 1.29 is 19.4 Å². The van der Waals surface area contributed by atoms with Crippen LogP contribution in [0.5, 0.6) is 5.75 Å². The fourth-order valence-corrected chi connectivity index (χ4v) is 1.88. The van der Waals surface area contributed by atoms with Gasteiger partial charge < -0.3 is 20.1 Å². The zero-order valence-electron chi connectivity index (χ0n) is 12.6. The first kappa shape index (κ1) is 16.8. The van der Waals surface area contributed by atoms with Crippen LogP contribution in [0.25, 0.3) is 0 Å². The minimum absolute atomic E-state index is 0.154. The van der Waals surface area contributed by atoms with E-state index in [1.807, 2.05) is 20.8 Å². The topological polar surface area (TPSA) is 78.9 Å². The first-order valence-corrected chi connectivity index (χ1v) is 7.00. The van der Waals surface area contributed by atoms with Crippen LogP contribution >= 0.6 is 0 Å². The fraction of sp³-hybridized carbons (Fsp3) is 0.467. The van der Waals surface area contributed by atoms with Gasteiger partial charge in [0, 0.05) is 24.3 Å². The summed E-state index contributed by atoms with van der Waals surface area (Å²) in [6.45, 7) is 6.16. The Morgan fingerprint density at radius 2 is 2.10 bits per heavy atom. The van der Waals surface area contributed by atoms with E-state index in [0.717, 1.165) is 6.42 Å². The van der Waals surface area contributed by atoms with E-state index in [9.17, 15) is 9.59 Å². The zero-order valence-corrected chi connectivity index (χ0v) is 12.6. The van der Waals surface area contributed by atoms with Gasteiger partial charge >= 0.3 is 12.0 Å². The number of amides is 2.